The van der Waals surface area contributed by atoms with Crippen LogP contribution in [-0.4, -0.2) is 374 Å². The summed E-state index contributed by atoms with van der Waals surface area (Å²) in [6, 6.07) is 0. The van der Waals surface area contributed by atoms with Crippen molar-refractivity contribution >= 4 is 125 Å². The van der Waals surface area contributed by atoms with Gasteiger partial charge in [-0.15, -0.1) is 0 Å². The van der Waals surface area contributed by atoms with Gasteiger partial charge in [-0.25, -0.2) is 0 Å². The zero-order valence-corrected chi connectivity index (χ0v) is 78.0. The van der Waals surface area contributed by atoms with Crippen molar-refractivity contribution in [2.45, 2.75) is 348 Å². The molecule has 137 heavy (non-hydrogen) atoms. The Kier molecular flexibility index (Phi) is 42.4. The van der Waals surface area contributed by atoms with E-state index in [2.05, 4.69) is 0 Å². The molecule has 55 nitrogen and oxygen atoms in total. The van der Waals surface area contributed by atoms with Gasteiger partial charge in [0.2, 0.25) is 12.4 Å². The molecule has 7 fully saturated rings. The van der Waals surface area contributed by atoms with Gasteiger partial charge in [0, 0.05) is 145 Å². The zero-order valence-electron chi connectivity index (χ0n) is 78.0. The molecule has 55 heteroatoms. The lowest BCUT2D eigenvalue weighted by atomic mass is 9.94. The molecular weight excluding hydrogens is 1860 g/mol. The predicted molar refractivity (Wildman–Crippen MR) is 420 cm³/mol. The fourth-order valence-electron chi connectivity index (χ4n) is 15.3. The number of carbonyl (C=O) groups is 21. The maximum absolute atomic E-state index is 14.3. The molecule has 0 radical (unpaired) electrons. The lowest BCUT2D eigenvalue weighted by Gasteiger charge is -2.52. The maximum Gasteiger partial charge on any atom is 0.305 e. The third-order valence-corrected chi connectivity index (χ3v) is 19.5. The van der Waals surface area contributed by atoms with Crippen LogP contribution in [0.1, 0.15) is 145 Å². The maximum atomic E-state index is 14.3. The van der Waals surface area contributed by atoms with Crippen LogP contribution in [0.4, 0.5) is 0 Å². The Hall–Kier alpha value is -11.6. The first kappa shape index (κ1) is 112. The van der Waals surface area contributed by atoms with Crippen LogP contribution >= 0.6 is 0 Å². The molecule has 0 N–H and O–H groups in total. The predicted octanol–water partition coefficient (Wildman–Crippen LogP) is -3.01. The summed E-state index contributed by atoms with van der Waals surface area (Å²) >= 11 is 0. The molecule has 0 bridgehead atoms. The Balaban J connectivity index is 1.54. The minimum atomic E-state index is -2.64. The minimum absolute atomic E-state index is 0.758. The van der Waals surface area contributed by atoms with Crippen molar-refractivity contribution in [1.29, 1.82) is 0 Å². The second kappa shape index (κ2) is 51.7. The Bertz CT molecular complexity index is 4330. The number of rotatable bonds is 38. The Labute approximate surface area is 779 Å². The van der Waals surface area contributed by atoms with E-state index in [1.165, 1.54) is 0 Å². The van der Waals surface area contributed by atoms with Gasteiger partial charge in [0.05, 0.1) is 26.4 Å². The van der Waals surface area contributed by atoms with Crippen LogP contribution in [0, 0.1) is 0 Å². The summed E-state index contributed by atoms with van der Waals surface area (Å²) in [6.07, 6.45) is -71.5. The highest BCUT2D eigenvalue weighted by Crippen LogP contribution is 2.43. The largest absolute Gasteiger partial charge is 0.463 e. The highest BCUT2D eigenvalue weighted by atomic mass is 16.8. The third kappa shape index (κ3) is 33.6. The van der Waals surface area contributed by atoms with Crippen molar-refractivity contribution in [2.75, 3.05) is 46.2 Å². The minimum Gasteiger partial charge on any atom is -0.463 e. The number of hydrogen-bond acceptors (Lipinski definition) is 55. The van der Waals surface area contributed by atoms with Crippen LogP contribution in [-0.2, 0) is 262 Å². The van der Waals surface area contributed by atoms with E-state index in [4.69, 9.17) is 161 Å². The van der Waals surface area contributed by atoms with Crippen LogP contribution in [0.25, 0.3) is 0 Å². The lowest BCUT2D eigenvalue weighted by Crippen LogP contribution is -2.70. The summed E-state index contributed by atoms with van der Waals surface area (Å²) in [6.45, 7) is 11.2. The molecule has 7 heterocycles. The molecule has 7 saturated heterocycles. The van der Waals surface area contributed by atoms with Crippen LogP contribution in [0.15, 0.2) is 0 Å². The second-order valence-corrected chi connectivity index (χ2v) is 31.1. The number of esters is 21. The van der Waals surface area contributed by atoms with Gasteiger partial charge in [-0.2, -0.15) is 0 Å². The van der Waals surface area contributed by atoms with Crippen molar-refractivity contribution in [3.05, 3.63) is 0 Å². The lowest BCUT2D eigenvalue weighted by molar-refractivity contribution is -0.397. The number of ether oxygens (including phenoxy) is 34. The van der Waals surface area contributed by atoms with Crippen molar-refractivity contribution < 1.29 is 262 Å². The topological polar surface area (TPSA) is 672 Å². The van der Waals surface area contributed by atoms with Crippen molar-refractivity contribution in [3.63, 3.8) is 0 Å². The van der Waals surface area contributed by atoms with Crippen molar-refractivity contribution in [3.8, 4) is 0 Å². The fourth-order valence-corrected chi connectivity index (χ4v) is 15.3. The first-order valence-electron chi connectivity index (χ1n) is 42.0. The Morgan fingerprint density at radius 2 is 0.336 bits per heavy atom. The van der Waals surface area contributed by atoms with E-state index in [1.807, 2.05) is 0 Å². The molecule has 768 valence electrons. The molecule has 0 spiro atoms. The number of hydrogen-bond donors (Lipinski definition) is 0. The molecule has 0 saturated carbocycles. The first-order chi connectivity index (χ1) is 64.2. The summed E-state index contributed by atoms with van der Waals surface area (Å²) in [5, 5.41) is 0. The van der Waals surface area contributed by atoms with Gasteiger partial charge in [-0.05, 0) is 0 Å². The monoisotopic (exact) mass is 1970 g/mol. The van der Waals surface area contributed by atoms with Gasteiger partial charge in [-0.3, -0.25) is 101 Å². The summed E-state index contributed by atoms with van der Waals surface area (Å²) in [7, 11) is 0. The van der Waals surface area contributed by atoms with Gasteiger partial charge in [0.15, 0.2) is 135 Å². The van der Waals surface area contributed by atoms with Crippen LogP contribution in [0.5, 0.6) is 0 Å². The first-order valence-corrected chi connectivity index (χ1v) is 42.0. The van der Waals surface area contributed by atoms with Gasteiger partial charge < -0.3 is 161 Å². The SMILES string of the molecule is CC(=O)OC[C@H]1O[C@@H](O[C@H]2[C@H](OC(C)=O)[C@@H](OC(C)=O)[C@H](O[C@H]3[C@H](OC(C)=O)[C@@H](OC(C)=O)[C@H](O[C@H]4[C@H](OC(C)=O)[C@@H](OC(C)=O)[C@H](O[C@H]5[C@H](OC(C)=O)[C@@H](OC(C)=O)C(OC(C)=O)O[C@@H]5COC(C)=O)O[C@@H]4CO[C@H]4OC[C@@H](OC(C)=O)[C@H](OC(C)=O)[C@H]4OC(C)=O)O[C@@H]3CO[C@H]3OC[C@@H](OC(C)=O)[C@H](OC(C)=O)[C@H]3OC(C)=O)O[C@@H]2COC(C)=O)[C@H](OC(C)=O)[C@@H](OC(C)=O)[C@H]1OC(C)=O. The van der Waals surface area contributed by atoms with E-state index in [0.29, 0.717) is 0 Å². The molecule has 0 amide bonds. The smallest absolute Gasteiger partial charge is 0.305 e. The molecular formula is C82H110O55. The van der Waals surface area contributed by atoms with E-state index in [0.717, 1.165) is 145 Å². The molecule has 0 aromatic rings. The van der Waals surface area contributed by atoms with E-state index in [9.17, 15) is 101 Å². The van der Waals surface area contributed by atoms with Crippen LogP contribution in [0.3, 0.4) is 0 Å². The molecule has 0 aromatic heterocycles. The number of carbonyl (C=O) groups excluding carboxylic acids is 21. The summed E-state index contributed by atoms with van der Waals surface area (Å²) < 4.78 is 203. The molecule has 1 unspecified atom stereocenters. The Morgan fingerprint density at radius 3 is 0.555 bits per heavy atom. The highest BCUT2D eigenvalue weighted by Gasteiger charge is 2.65. The fraction of sp³-hybridized carbons (Fsp3) is 0.744. The van der Waals surface area contributed by atoms with E-state index in [-0.39, 0.29) is 0 Å². The van der Waals surface area contributed by atoms with Crippen molar-refractivity contribution in [2.24, 2.45) is 0 Å². The van der Waals surface area contributed by atoms with Crippen LogP contribution in [0.2, 0.25) is 0 Å². The standard InChI is InChI=1S/C82H110O55/c1-29(83)104-22-52-57(113-34(6)88)64(116-37(9)91)72(124-45(17)99)79(130-52)135-59-54(24-106-31(3)85)131-80(73(125-46(18)100)66(59)118-39(11)93)136-60-55(27-109-76-69(121-42(14)96)62(114-35(7)89)50(25-107-76)111-32(4)86)133-82(75(127-48(20)102)67(60)119-40(12)94)137-61-56(28-110-77-70(122-43(15)97)63(115-36(8)90)51(26-108-77)112-33(5)87)132-81(74(126-47(19)101)68(61)120-41(13)95)134-58-53(23-105-30(2)84)129-78(128-49(21)103)71(123-44(16)98)65(58)117-38(10)92/h50-82H,22-28H2,1-21H3/t50-,51-,52-,53-,54-,55-,56-,57+,58-,59-,60-,61-,62+,63+,64+,65+,66+,67+,68+,69-,70-,71-,72-,73-,74-,75-,76-,77-,78?,79+,80+,81+,82+/m1/s1. The quantitative estimate of drug-likeness (QED) is 0.0439. The summed E-state index contributed by atoms with van der Waals surface area (Å²) in [4.78, 5) is 279. The average Bonchev–Trinajstić information content (AvgIpc) is 0.752. The molecule has 7 aliphatic rings. The molecule has 7 aliphatic heterocycles. The summed E-state index contributed by atoms with van der Waals surface area (Å²) in [5.41, 5.74) is 0. The van der Waals surface area contributed by atoms with Gasteiger partial charge in [0.25, 0.3) is 0 Å². The molecule has 0 aromatic carbocycles. The van der Waals surface area contributed by atoms with E-state index >= 15 is 0 Å². The summed E-state index contributed by atoms with van der Waals surface area (Å²) in [5.74, 6) is -24.4. The van der Waals surface area contributed by atoms with E-state index in [1.54, 1.807) is 0 Å². The van der Waals surface area contributed by atoms with Gasteiger partial charge >= 0.3 is 125 Å². The average molecular weight is 1980 g/mol. The Morgan fingerprint density at radius 1 is 0.168 bits per heavy atom. The highest BCUT2D eigenvalue weighted by molar-refractivity contribution is 5.74. The zero-order chi connectivity index (χ0) is 102. The normalized spacial score (nSPS) is 33.3. The second-order valence-electron chi connectivity index (χ2n) is 31.1. The van der Waals surface area contributed by atoms with Gasteiger partial charge in [-0.1, -0.05) is 0 Å². The molecule has 7 rings (SSSR count). The van der Waals surface area contributed by atoms with Crippen LogP contribution < -0.4 is 0 Å². The van der Waals surface area contributed by atoms with E-state index < -0.39 is 374 Å². The molecule has 33 atom stereocenters. The molecule has 0 aliphatic carbocycles. The van der Waals surface area contributed by atoms with Gasteiger partial charge in [0.1, 0.15) is 74.8 Å². The third-order valence-electron chi connectivity index (χ3n) is 19.5. The van der Waals surface area contributed by atoms with Crippen molar-refractivity contribution in [1.82, 2.24) is 0 Å².